The molecule has 0 fully saturated rings. The van der Waals surface area contributed by atoms with Crippen molar-refractivity contribution in [2.24, 2.45) is 0 Å². The number of rotatable bonds is 7. The minimum atomic E-state index is -3.74. The van der Waals surface area contributed by atoms with Gasteiger partial charge in [-0.15, -0.1) is 0 Å². The molecule has 0 bridgehead atoms. The molecule has 2 aromatic rings. The van der Waals surface area contributed by atoms with Gasteiger partial charge in [0.15, 0.2) is 0 Å². The first-order valence-corrected chi connectivity index (χ1v) is 8.91. The molecule has 7 heteroatoms. The highest BCUT2D eigenvalue weighted by atomic mass is 32.2. The average molecular weight is 351 g/mol. The molecule has 0 amide bonds. The van der Waals surface area contributed by atoms with E-state index in [1.165, 1.54) is 31.4 Å². The molecule has 0 saturated heterocycles. The number of benzene rings is 2. The van der Waals surface area contributed by atoms with Gasteiger partial charge < -0.3 is 4.74 Å². The van der Waals surface area contributed by atoms with Crippen molar-refractivity contribution >= 4 is 16.0 Å². The lowest BCUT2D eigenvalue weighted by Crippen LogP contribution is -2.43. The molecule has 0 heterocycles. The monoisotopic (exact) mass is 351 g/mol. The summed E-state index contributed by atoms with van der Waals surface area (Å²) in [6.07, 6.45) is 0.0704. The first kappa shape index (κ1) is 18.1. The Hall–Kier alpha value is -2.25. The van der Waals surface area contributed by atoms with Crippen LogP contribution in [-0.4, -0.2) is 27.5 Å². The van der Waals surface area contributed by atoms with Gasteiger partial charge in [0, 0.05) is 0 Å². The number of halogens is 1. The molecule has 2 aromatic carbocycles. The van der Waals surface area contributed by atoms with Gasteiger partial charge in [-0.2, -0.15) is 0 Å². The van der Waals surface area contributed by atoms with Crippen molar-refractivity contribution in [3.63, 3.8) is 0 Å². The van der Waals surface area contributed by atoms with Crippen molar-refractivity contribution in [3.05, 3.63) is 71.5 Å². The smallest absolute Gasteiger partial charge is 0.324 e. The molecule has 0 aliphatic carbocycles. The number of hydrogen-bond acceptors (Lipinski definition) is 4. The van der Waals surface area contributed by atoms with Crippen LogP contribution in [0.4, 0.5) is 4.39 Å². The number of ether oxygens (including phenoxy) is 1. The van der Waals surface area contributed by atoms with E-state index in [1.54, 1.807) is 30.3 Å². The standard InChI is InChI=1S/C17H18FNO4S/c1-23-17(20)16(11-13-7-9-15(18)10-8-13)19-24(21,22)12-14-5-3-2-4-6-14/h2-10,16,19H,11-12H2,1H3. The predicted molar refractivity (Wildman–Crippen MR) is 88.1 cm³/mol. The van der Waals surface area contributed by atoms with E-state index in [2.05, 4.69) is 9.46 Å². The van der Waals surface area contributed by atoms with E-state index in [-0.39, 0.29) is 12.2 Å². The van der Waals surface area contributed by atoms with Gasteiger partial charge in [0.2, 0.25) is 10.0 Å². The molecule has 24 heavy (non-hydrogen) atoms. The molecule has 0 aliphatic heterocycles. The van der Waals surface area contributed by atoms with Gasteiger partial charge in [-0.1, -0.05) is 42.5 Å². The van der Waals surface area contributed by atoms with Crippen molar-refractivity contribution < 1.29 is 22.3 Å². The van der Waals surface area contributed by atoms with Crippen molar-refractivity contribution in [1.29, 1.82) is 0 Å². The van der Waals surface area contributed by atoms with E-state index in [0.717, 1.165) is 0 Å². The molecule has 128 valence electrons. The zero-order valence-electron chi connectivity index (χ0n) is 13.1. The van der Waals surface area contributed by atoms with E-state index in [0.29, 0.717) is 11.1 Å². The lowest BCUT2D eigenvalue weighted by atomic mass is 10.1. The molecular weight excluding hydrogens is 333 g/mol. The Morgan fingerprint density at radius 1 is 1.08 bits per heavy atom. The van der Waals surface area contributed by atoms with Gasteiger partial charge >= 0.3 is 5.97 Å². The van der Waals surface area contributed by atoms with Crippen molar-refractivity contribution in [2.45, 2.75) is 18.2 Å². The topological polar surface area (TPSA) is 72.5 Å². The second kappa shape index (κ2) is 8.03. The van der Waals surface area contributed by atoms with Crippen LogP contribution in [0.15, 0.2) is 54.6 Å². The van der Waals surface area contributed by atoms with E-state index >= 15 is 0 Å². The highest BCUT2D eigenvalue weighted by molar-refractivity contribution is 7.88. The normalized spacial score (nSPS) is 12.6. The van der Waals surface area contributed by atoms with Gasteiger partial charge in [0.1, 0.15) is 11.9 Å². The quantitative estimate of drug-likeness (QED) is 0.775. The molecule has 0 aromatic heterocycles. The minimum absolute atomic E-state index is 0.0704. The van der Waals surface area contributed by atoms with Gasteiger partial charge in [-0.25, -0.2) is 17.5 Å². The van der Waals surface area contributed by atoms with E-state index in [1.807, 2.05) is 0 Å². The fraction of sp³-hybridized carbons (Fsp3) is 0.235. The maximum absolute atomic E-state index is 13.0. The second-order valence-corrected chi connectivity index (χ2v) is 7.02. The lowest BCUT2D eigenvalue weighted by molar-refractivity contribution is -0.142. The van der Waals surface area contributed by atoms with Gasteiger partial charge in [0.25, 0.3) is 0 Å². The van der Waals surface area contributed by atoms with Crippen LogP contribution >= 0.6 is 0 Å². The van der Waals surface area contributed by atoms with Crippen LogP contribution in [0.5, 0.6) is 0 Å². The molecule has 0 aliphatic rings. The summed E-state index contributed by atoms with van der Waals surface area (Å²) < 4.78 is 44.6. The molecule has 1 atom stereocenters. The third-order valence-corrected chi connectivity index (χ3v) is 4.72. The first-order chi connectivity index (χ1) is 11.4. The fourth-order valence-corrected chi connectivity index (χ4v) is 3.55. The Morgan fingerprint density at radius 3 is 2.29 bits per heavy atom. The number of nitrogens with one attached hydrogen (secondary N) is 1. The lowest BCUT2D eigenvalue weighted by Gasteiger charge is -2.17. The van der Waals surface area contributed by atoms with Gasteiger partial charge in [-0.05, 0) is 29.7 Å². The van der Waals surface area contributed by atoms with Crippen LogP contribution in [0.2, 0.25) is 0 Å². The zero-order valence-corrected chi connectivity index (χ0v) is 13.9. The highest BCUT2D eigenvalue weighted by Crippen LogP contribution is 2.10. The molecule has 1 N–H and O–H groups in total. The molecule has 0 spiro atoms. The van der Waals surface area contributed by atoms with Crippen molar-refractivity contribution in [3.8, 4) is 0 Å². The zero-order chi connectivity index (χ0) is 17.6. The Labute approximate surface area is 140 Å². The van der Waals surface area contributed by atoms with Crippen LogP contribution in [-0.2, 0) is 31.7 Å². The predicted octanol–water partition coefficient (Wildman–Crippen LogP) is 2.03. The Morgan fingerprint density at radius 2 is 1.71 bits per heavy atom. The van der Waals surface area contributed by atoms with Gasteiger partial charge in [0.05, 0.1) is 12.9 Å². The molecule has 5 nitrogen and oxygen atoms in total. The van der Waals surface area contributed by atoms with Crippen LogP contribution in [0.1, 0.15) is 11.1 Å². The van der Waals surface area contributed by atoms with Crippen molar-refractivity contribution in [2.75, 3.05) is 7.11 Å². The van der Waals surface area contributed by atoms with E-state index in [4.69, 9.17) is 0 Å². The molecule has 0 saturated carbocycles. The number of sulfonamides is 1. The number of esters is 1. The number of methoxy groups -OCH3 is 1. The SMILES string of the molecule is COC(=O)C(Cc1ccc(F)cc1)NS(=O)(=O)Cc1ccccc1. The van der Waals surface area contributed by atoms with E-state index < -0.39 is 27.9 Å². The average Bonchev–Trinajstić information content (AvgIpc) is 2.55. The summed E-state index contributed by atoms with van der Waals surface area (Å²) in [5.74, 6) is -1.35. The summed E-state index contributed by atoms with van der Waals surface area (Å²) in [4.78, 5) is 11.9. The summed E-state index contributed by atoms with van der Waals surface area (Å²) >= 11 is 0. The Kier molecular flexibility index (Phi) is 6.05. The minimum Gasteiger partial charge on any atom is -0.468 e. The molecule has 2 rings (SSSR count). The molecule has 0 radical (unpaired) electrons. The van der Waals surface area contributed by atoms with Crippen LogP contribution in [0, 0.1) is 5.82 Å². The van der Waals surface area contributed by atoms with Crippen LogP contribution in [0.25, 0.3) is 0 Å². The summed E-state index contributed by atoms with van der Waals surface area (Å²) in [6.45, 7) is 0. The van der Waals surface area contributed by atoms with Crippen LogP contribution in [0.3, 0.4) is 0 Å². The summed E-state index contributed by atoms with van der Waals surface area (Å²) in [5, 5.41) is 0. The maximum atomic E-state index is 13.0. The second-order valence-electron chi connectivity index (χ2n) is 5.27. The first-order valence-electron chi connectivity index (χ1n) is 7.26. The third-order valence-electron chi connectivity index (χ3n) is 3.36. The summed E-state index contributed by atoms with van der Waals surface area (Å²) in [5.41, 5.74) is 1.23. The maximum Gasteiger partial charge on any atom is 0.324 e. The number of hydrogen-bond donors (Lipinski definition) is 1. The van der Waals surface area contributed by atoms with Crippen molar-refractivity contribution in [1.82, 2.24) is 4.72 Å². The summed E-state index contributed by atoms with van der Waals surface area (Å²) in [6, 6.07) is 13.1. The van der Waals surface area contributed by atoms with Gasteiger partial charge in [-0.3, -0.25) is 4.79 Å². The fourth-order valence-electron chi connectivity index (χ4n) is 2.22. The summed E-state index contributed by atoms with van der Waals surface area (Å²) in [7, 11) is -2.56. The van der Waals surface area contributed by atoms with Crippen LogP contribution < -0.4 is 4.72 Å². The highest BCUT2D eigenvalue weighted by Gasteiger charge is 2.25. The Balaban J connectivity index is 2.13. The molecule has 1 unspecified atom stereocenters. The van der Waals surface area contributed by atoms with E-state index in [9.17, 15) is 17.6 Å². The number of carbonyl (C=O) groups is 1. The molecular formula is C17H18FNO4S. The third kappa shape index (κ3) is 5.43. The largest absolute Gasteiger partial charge is 0.468 e. The Bertz CT molecular complexity index is 776. The number of carbonyl (C=O) groups excluding carboxylic acids is 1.